The molecule has 2 aliphatic rings. The average molecular weight is 307 g/mol. The van der Waals surface area contributed by atoms with Gasteiger partial charge >= 0.3 is 0 Å². The highest BCUT2D eigenvalue weighted by Gasteiger charge is 2.33. The molecule has 0 aliphatic carbocycles. The Morgan fingerprint density at radius 1 is 1.45 bits per heavy atom. The van der Waals surface area contributed by atoms with Crippen molar-refractivity contribution >= 4 is 18.3 Å². The van der Waals surface area contributed by atoms with Gasteiger partial charge in [0, 0.05) is 20.3 Å². The van der Waals surface area contributed by atoms with E-state index in [4.69, 9.17) is 9.47 Å². The van der Waals surface area contributed by atoms with Crippen LogP contribution in [0.4, 0.5) is 0 Å². The van der Waals surface area contributed by atoms with Crippen LogP contribution in [0.1, 0.15) is 38.5 Å². The van der Waals surface area contributed by atoms with E-state index >= 15 is 0 Å². The predicted molar refractivity (Wildman–Crippen MR) is 80.3 cm³/mol. The number of methoxy groups -OCH3 is 1. The van der Waals surface area contributed by atoms with Gasteiger partial charge in [-0.1, -0.05) is 0 Å². The third kappa shape index (κ3) is 5.20. The lowest BCUT2D eigenvalue weighted by atomic mass is 9.98. The lowest BCUT2D eigenvalue weighted by Crippen LogP contribution is -2.53. The number of halogens is 1. The Labute approximate surface area is 127 Å². The summed E-state index contributed by atoms with van der Waals surface area (Å²) < 4.78 is 10.9. The second-order valence-electron chi connectivity index (χ2n) is 5.71. The molecule has 2 heterocycles. The van der Waals surface area contributed by atoms with Crippen LogP contribution in [0.3, 0.4) is 0 Å². The number of carbonyl (C=O) groups excluding carboxylic acids is 1. The number of hydrogen-bond donors (Lipinski definition) is 2. The summed E-state index contributed by atoms with van der Waals surface area (Å²) in [6, 6.07) is 0. The van der Waals surface area contributed by atoms with Crippen LogP contribution in [-0.2, 0) is 14.3 Å². The molecule has 5 nitrogen and oxygen atoms in total. The fourth-order valence-electron chi connectivity index (χ4n) is 2.99. The zero-order chi connectivity index (χ0) is 13.6. The van der Waals surface area contributed by atoms with E-state index in [1.54, 1.807) is 7.11 Å². The molecule has 0 aromatic carbocycles. The molecule has 20 heavy (non-hydrogen) atoms. The summed E-state index contributed by atoms with van der Waals surface area (Å²) in [7, 11) is 1.71. The van der Waals surface area contributed by atoms with Gasteiger partial charge in [0.2, 0.25) is 5.91 Å². The third-order valence-electron chi connectivity index (χ3n) is 4.06. The van der Waals surface area contributed by atoms with Crippen LogP contribution in [0.2, 0.25) is 0 Å². The normalized spacial score (nSPS) is 29.8. The van der Waals surface area contributed by atoms with Gasteiger partial charge in [0.1, 0.15) is 0 Å². The Morgan fingerprint density at radius 3 is 2.90 bits per heavy atom. The van der Waals surface area contributed by atoms with Gasteiger partial charge in [0.25, 0.3) is 0 Å². The molecule has 2 aliphatic heterocycles. The Bertz CT molecular complexity index is 290. The lowest BCUT2D eigenvalue weighted by molar-refractivity contribution is -0.125. The van der Waals surface area contributed by atoms with Gasteiger partial charge in [0.15, 0.2) is 0 Å². The largest absolute Gasteiger partial charge is 0.383 e. The van der Waals surface area contributed by atoms with Crippen molar-refractivity contribution in [2.24, 2.45) is 0 Å². The van der Waals surface area contributed by atoms with E-state index < -0.39 is 0 Å². The predicted octanol–water partition coefficient (Wildman–Crippen LogP) is 1.25. The molecule has 0 saturated carbocycles. The molecule has 1 amide bonds. The van der Waals surface area contributed by atoms with Gasteiger partial charge in [-0.3, -0.25) is 4.79 Å². The first-order valence-electron chi connectivity index (χ1n) is 7.36. The van der Waals surface area contributed by atoms with E-state index in [0.717, 1.165) is 38.8 Å². The van der Waals surface area contributed by atoms with Crippen LogP contribution in [-0.4, -0.2) is 51.0 Å². The molecule has 2 N–H and O–H groups in total. The van der Waals surface area contributed by atoms with Crippen LogP contribution in [0.15, 0.2) is 0 Å². The molecule has 2 fully saturated rings. The number of ether oxygens (including phenoxy) is 2. The maximum atomic E-state index is 12.0. The van der Waals surface area contributed by atoms with Crippen molar-refractivity contribution in [3.8, 4) is 0 Å². The summed E-state index contributed by atoms with van der Waals surface area (Å²) in [5.41, 5.74) is -0.0716. The first-order chi connectivity index (χ1) is 9.24. The lowest BCUT2D eigenvalue weighted by Gasteiger charge is -2.29. The highest BCUT2D eigenvalue weighted by molar-refractivity contribution is 5.85. The van der Waals surface area contributed by atoms with Crippen LogP contribution in [0, 0.1) is 0 Å². The van der Waals surface area contributed by atoms with Crippen molar-refractivity contribution in [2.45, 2.75) is 50.2 Å². The van der Waals surface area contributed by atoms with E-state index in [9.17, 15) is 4.79 Å². The molecular formula is C14H27ClN2O3. The highest BCUT2D eigenvalue weighted by Crippen LogP contribution is 2.19. The molecule has 0 bridgehead atoms. The maximum Gasteiger partial charge on any atom is 0.222 e. The summed E-state index contributed by atoms with van der Waals surface area (Å²) in [5.74, 6) is 0.0936. The molecule has 0 spiro atoms. The minimum absolute atomic E-state index is 0. The molecule has 2 rings (SSSR count). The van der Waals surface area contributed by atoms with Gasteiger partial charge < -0.3 is 20.1 Å². The first-order valence-corrected chi connectivity index (χ1v) is 7.36. The first kappa shape index (κ1) is 17.7. The quantitative estimate of drug-likeness (QED) is 0.775. The molecule has 0 aromatic heterocycles. The van der Waals surface area contributed by atoms with Crippen LogP contribution < -0.4 is 10.6 Å². The van der Waals surface area contributed by atoms with Crippen molar-refractivity contribution in [3.05, 3.63) is 0 Å². The Balaban J connectivity index is 0.00000200. The van der Waals surface area contributed by atoms with Gasteiger partial charge in [-0.15, -0.1) is 12.4 Å². The van der Waals surface area contributed by atoms with E-state index in [0.29, 0.717) is 19.6 Å². The zero-order valence-electron chi connectivity index (χ0n) is 12.3. The summed E-state index contributed by atoms with van der Waals surface area (Å²) >= 11 is 0. The number of amides is 1. The third-order valence-corrected chi connectivity index (χ3v) is 4.06. The summed E-state index contributed by atoms with van der Waals surface area (Å²) in [6.45, 7) is 3.09. The molecule has 118 valence electrons. The number of nitrogens with one attached hydrogen (secondary N) is 2. The monoisotopic (exact) mass is 306 g/mol. The highest BCUT2D eigenvalue weighted by atomic mass is 35.5. The molecule has 2 atom stereocenters. The van der Waals surface area contributed by atoms with Crippen molar-refractivity contribution < 1.29 is 14.3 Å². The van der Waals surface area contributed by atoms with Crippen molar-refractivity contribution in [1.82, 2.24) is 10.6 Å². The SMILES string of the molecule is COCC1(CNC(=O)CC2CCCCO2)CCCN1.Cl. The number of hydrogen-bond acceptors (Lipinski definition) is 4. The van der Waals surface area contributed by atoms with Crippen LogP contribution in [0.5, 0.6) is 0 Å². The zero-order valence-corrected chi connectivity index (χ0v) is 13.1. The van der Waals surface area contributed by atoms with Gasteiger partial charge in [0.05, 0.1) is 24.7 Å². The minimum Gasteiger partial charge on any atom is -0.383 e. The Morgan fingerprint density at radius 2 is 2.30 bits per heavy atom. The molecule has 6 heteroatoms. The smallest absolute Gasteiger partial charge is 0.222 e. The van der Waals surface area contributed by atoms with Crippen molar-refractivity contribution in [2.75, 3.05) is 33.4 Å². The van der Waals surface area contributed by atoms with Gasteiger partial charge in [-0.2, -0.15) is 0 Å². The van der Waals surface area contributed by atoms with Gasteiger partial charge in [-0.05, 0) is 38.6 Å². The minimum atomic E-state index is -0.0716. The molecular weight excluding hydrogens is 280 g/mol. The van der Waals surface area contributed by atoms with Gasteiger partial charge in [-0.25, -0.2) is 0 Å². The Kier molecular flexibility index (Phi) is 7.80. The molecule has 2 saturated heterocycles. The number of carbonyl (C=O) groups is 1. The molecule has 2 unspecified atom stereocenters. The van der Waals surface area contributed by atoms with E-state index in [1.165, 1.54) is 6.42 Å². The summed E-state index contributed by atoms with van der Waals surface area (Å²) in [5, 5.41) is 6.50. The fourth-order valence-corrected chi connectivity index (χ4v) is 2.99. The topological polar surface area (TPSA) is 59.6 Å². The average Bonchev–Trinajstić information content (AvgIpc) is 2.87. The van der Waals surface area contributed by atoms with Crippen molar-refractivity contribution in [1.29, 1.82) is 0 Å². The fraction of sp³-hybridized carbons (Fsp3) is 0.929. The Hall–Kier alpha value is -0.360. The van der Waals surface area contributed by atoms with Crippen molar-refractivity contribution in [3.63, 3.8) is 0 Å². The summed E-state index contributed by atoms with van der Waals surface area (Å²) in [6.07, 6.45) is 6.11. The summed E-state index contributed by atoms with van der Waals surface area (Å²) in [4.78, 5) is 12.0. The van der Waals surface area contributed by atoms with E-state index in [1.807, 2.05) is 0 Å². The second kappa shape index (κ2) is 8.82. The number of rotatable bonds is 6. The standard InChI is InChI=1S/C14H26N2O3.ClH/c1-18-11-14(6-4-7-16-14)10-15-13(17)9-12-5-2-3-8-19-12;/h12,16H,2-11H2,1H3,(H,15,17);1H. The molecule has 0 aromatic rings. The maximum absolute atomic E-state index is 12.0. The van der Waals surface area contributed by atoms with E-state index in [2.05, 4.69) is 10.6 Å². The molecule has 0 radical (unpaired) electrons. The van der Waals surface area contributed by atoms with Crippen LogP contribution >= 0.6 is 12.4 Å². The van der Waals surface area contributed by atoms with E-state index in [-0.39, 0.29) is 30.0 Å². The second-order valence-corrected chi connectivity index (χ2v) is 5.71. The van der Waals surface area contributed by atoms with Crippen LogP contribution in [0.25, 0.3) is 0 Å².